The number of rotatable bonds is 6. The Morgan fingerprint density at radius 2 is 2.04 bits per heavy atom. The quantitative estimate of drug-likeness (QED) is 0.495. The molecule has 2 aromatic carbocycles. The Morgan fingerprint density at radius 3 is 2.72 bits per heavy atom. The molecule has 1 N–H and O–H groups in total. The zero-order chi connectivity index (χ0) is 17.8. The number of carbonyl (C=O) groups excluding carboxylic acids is 1. The molecular formula is C19H21N3O3. The molecule has 1 fully saturated rings. The van der Waals surface area contributed by atoms with Crippen LogP contribution in [0, 0.1) is 10.1 Å². The second-order valence-electron chi connectivity index (χ2n) is 6.40. The van der Waals surface area contributed by atoms with Crippen LogP contribution in [0.1, 0.15) is 29.3 Å². The number of nitro groups is 1. The summed E-state index contributed by atoms with van der Waals surface area (Å²) in [5.41, 5.74) is 2.05. The number of nitrogens with one attached hydrogen (secondary N) is 1. The summed E-state index contributed by atoms with van der Waals surface area (Å²) < 4.78 is 0. The summed E-state index contributed by atoms with van der Waals surface area (Å²) in [6.45, 7) is 4.07. The van der Waals surface area contributed by atoms with Crippen LogP contribution < -0.4 is 5.32 Å². The molecule has 6 nitrogen and oxygen atoms in total. The Balaban J connectivity index is 1.67. The number of carbonyl (C=O) groups is 1. The van der Waals surface area contributed by atoms with Gasteiger partial charge in [-0.05, 0) is 31.0 Å². The first-order chi connectivity index (χ1) is 12.0. The van der Waals surface area contributed by atoms with Gasteiger partial charge in [0.15, 0.2) is 5.78 Å². The van der Waals surface area contributed by atoms with Gasteiger partial charge in [0.25, 0.3) is 5.69 Å². The average Bonchev–Trinajstić information content (AvgIpc) is 3.02. The molecule has 1 saturated heterocycles. The van der Waals surface area contributed by atoms with Crippen molar-refractivity contribution >= 4 is 17.2 Å². The molecule has 25 heavy (non-hydrogen) atoms. The monoisotopic (exact) mass is 339 g/mol. The van der Waals surface area contributed by atoms with E-state index in [1.54, 1.807) is 12.1 Å². The summed E-state index contributed by atoms with van der Waals surface area (Å²) in [4.78, 5) is 24.7. The van der Waals surface area contributed by atoms with Crippen LogP contribution in [0.15, 0.2) is 48.5 Å². The van der Waals surface area contributed by atoms with E-state index >= 15 is 0 Å². The van der Waals surface area contributed by atoms with Crippen LogP contribution in [0.25, 0.3) is 0 Å². The molecular weight excluding hydrogens is 318 g/mol. The molecule has 1 aliphatic heterocycles. The molecule has 0 unspecified atom stereocenters. The summed E-state index contributed by atoms with van der Waals surface area (Å²) >= 11 is 0. The van der Waals surface area contributed by atoms with E-state index in [4.69, 9.17) is 0 Å². The van der Waals surface area contributed by atoms with E-state index in [9.17, 15) is 14.9 Å². The fourth-order valence-electron chi connectivity index (χ4n) is 3.18. The second kappa shape index (κ2) is 7.44. The largest absolute Gasteiger partial charge is 0.375 e. The Kier molecular flexibility index (Phi) is 5.09. The molecule has 2 aromatic rings. The van der Waals surface area contributed by atoms with Crippen molar-refractivity contribution in [2.24, 2.45) is 0 Å². The van der Waals surface area contributed by atoms with Crippen LogP contribution in [-0.2, 0) is 6.54 Å². The molecule has 0 aromatic heterocycles. The molecule has 1 atom stereocenters. The normalized spacial score (nSPS) is 17.4. The number of likely N-dealkylation sites (tertiary alicyclic amines) is 1. The van der Waals surface area contributed by atoms with Crippen molar-refractivity contribution in [1.29, 1.82) is 0 Å². The van der Waals surface area contributed by atoms with Gasteiger partial charge in [-0.1, -0.05) is 30.3 Å². The first kappa shape index (κ1) is 17.1. The lowest BCUT2D eigenvalue weighted by Crippen LogP contribution is -2.26. The lowest BCUT2D eigenvalue weighted by molar-refractivity contribution is -0.384. The standard InChI is InChI=1S/C19H21N3O3/c1-14(23)16-7-8-18(19(11-16)22(24)25)20-17-9-10-21(13-17)12-15-5-3-2-4-6-15/h2-8,11,17,20H,9-10,12-13H2,1H3/t17-/m0/s1. The van der Waals surface area contributed by atoms with E-state index in [0.29, 0.717) is 11.3 Å². The topological polar surface area (TPSA) is 75.5 Å². The van der Waals surface area contributed by atoms with E-state index in [1.807, 2.05) is 18.2 Å². The first-order valence-electron chi connectivity index (χ1n) is 8.35. The number of nitro benzene ring substituents is 1. The predicted molar refractivity (Wildman–Crippen MR) is 96.8 cm³/mol. The average molecular weight is 339 g/mol. The third-order valence-electron chi connectivity index (χ3n) is 4.48. The minimum Gasteiger partial charge on any atom is -0.375 e. The van der Waals surface area contributed by atoms with Gasteiger partial charge in [-0.25, -0.2) is 0 Å². The predicted octanol–water partition coefficient (Wildman–Crippen LogP) is 3.48. The second-order valence-corrected chi connectivity index (χ2v) is 6.40. The van der Waals surface area contributed by atoms with Crippen molar-refractivity contribution in [2.45, 2.75) is 25.9 Å². The van der Waals surface area contributed by atoms with Crippen molar-refractivity contribution in [3.05, 3.63) is 69.8 Å². The third kappa shape index (κ3) is 4.22. The molecule has 6 heteroatoms. The fraction of sp³-hybridized carbons (Fsp3) is 0.316. The summed E-state index contributed by atoms with van der Waals surface area (Å²) in [6, 6.07) is 15.0. The zero-order valence-electron chi connectivity index (χ0n) is 14.1. The number of hydrogen-bond acceptors (Lipinski definition) is 5. The van der Waals surface area contributed by atoms with Crippen LogP contribution in [0.3, 0.4) is 0 Å². The van der Waals surface area contributed by atoms with Gasteiger partial charge >= 0.3 is 0 Å². The Bertz CT molecular complexity index is 777. The lowest BCUT2D eigenvalue weighted by Gasteiger charge is -2.17. The van der Waals surface area contributed by atoms with Gasteiger partial charge < -0.3 is 5.32 Å². The molecule has 130 valence electrons. The molecule has 1 heterocycles. The van der Waals surface area contributed by atoms with E-state index in [2.05, 4.69) is 22.3 Å². The summed E-state index contributed by atoms with van der Waals surface area (Å²) in [5, 5.41) is 14.6. The molecule has 1 aliphatic rings. The highest BCUT2D eigenvalue weighted by Crippen LogP contribution is 2.28. The van der Waals surface area contributed by atoms with Gasteiger partial charge in [0.2, 0.25) is 0 Å². The Labute approximate surface area is 146 Å². The Morgan fingerprint density at radius 1 is 1.28 bits per heavy atom. The highest BCUT2D eigenvalue weighted by atomic mass is 16.6. The van der Waals surface area contributed by atoms with Gasteiger partial charge in [0.1, 0.15) is 5.69 Å². The van der Waals surface area contributed by atoms with Crippen LogP contribution in [0.2, 0.25) is 0 Å². The fourth-order valence-corrected chi connectivity index (χ4v) is 3.18. The molecule has 0 spiro atoms. The van der Waals surface area contributed by atoms with Gasteiger partial charge in [0.05, 0.1) is 4.92 Å². The third-order valence-corrected chi connectivity index (χ3v) is 4.48. The number of Topliss-reactive ketones (excluding diaryl/α,β-unsaturated/α-hetero) is 1. The number of anilines is 1. The maximum atomic E-state index is 11.4. The van der Waals surface area contributed by atoms with Crippen molar-refractivity contribution in [1.82, 2.24) is 4.90 Å². The van der Waals surface area contributed by atoms with Crippen LogP contribution in [-0.4, -0.2) is 34.7 Å². The van der Waals surface area contributed by atoms with Crippen molar-refractivity contribution < 1.29 is 9.72 Å². The highest BCUT2D eigenvalue weighted by Gasteiger charge is 2.25. The Hall–Kier alpha value is -2.73. The molecule has 0 radical (unpaired) electrons. The SMILES string of the molecule is CC(=O)c1ccc(N[C@H]2CCN(Cc3ccccc3)C2)c([N+](=O)[O-])c1. The smallest absolute Gasteiger partial charge is 0.293 e. The van der Waals surface area contributed by atoms with Gasteiger partial charge in [0, 0.05) is 37.3 Å². The van der Waals surface area contributed by atoms with Crippen molar-refractivity contribution in [3.8, 4) is 0 Å². The molecule has 3 rings (SSSR count). The minimum absolute atomic E-state index is 0.0470. The van der Waals surface area contributed by atoms with Gasteiger partial charge in [-0.15, -0.1) is 0 Å². The number of ketones is 1. The van der Waals surface area contributed by atoms with E-state index < -0.39 is 4.92 Å². The van der Waals surface area contributed by atoms with Crippen LogP contribution in [0.5, 0.6) is 0 Å². The first-order valence-corrected chi connectivity index (χ1v) is 8.35. The van der Waals surface area contributed by atoms with Gasteiger partial charge in [-0.2, -0.15) is 0 Å². The van der Waals surface area contributed by atoms with E-state index in [-0.39, 0.29) is 17.5 Å². The maximum absolute atomic E-state index is 11.4. The van der Waals surface area contributed by atoms with Crippen molar-refractivity contribution in [2.75, 3.05) is 18.4 Å². The number of benzene rings is 2. The number of nitrogens with zero attached hydrogens (tertiary/aromatic N) is 2. The van der Waals surface area contributed by atoms with Gasteiger partial charge in [-0.3, -0.25) is 19.8 Å². The maximum Gasteiger partial charge on any atom is 0.293 e. The van der Waals surface area contributed by atoms with E-state index in [0.717, 1.165) is 26.1 Å². The summed E-state index contributed by atoms with van der Waals surface area (Å²) in [5.74, 6) is -0.176. The molecule has 0 saturated carbocycles. The summed E-state index contributed by atoms with van der Waals surface area (Å²) in [7, 11) is 0. The molecule has 0 bridgehead atoms. The zero-order valence-corrected chi connectivity index (χ0v) is 14.1. The molecule has 0 aliphatic carbocycles. The van der Waals surface area contributed by atoms with Crippen LogP contribution in [0.4, 0.5) is 11.4 Å². The highest BCUT2D eigenvalue weighted by molar-refractivity contribution is 5.95. The lowest BCUT2D eigenvalue weighted by atomic mass is 10.1. The minimum atomic E-state index is -0.439. The van der Waals surface area contributed by atoms with Crippen molar-refractivity contribution in [3.63, 3.8) is 0 Å². The summed E-state index contributed by atoms with van der Waals surface area (Å²) in [6.07, 6.45) is 0.929. The van der Waals surface area contributed by atoms with E-state index in [1.165, 1.54) is 18.6 Å². The van der Waals surface area contributed by atoms with Crippen LogP contribution >= 0.6 is 0 Å². The number of hydrogen-bond donors (Lipinski definition) is 1. The molecule has 0 amide bonds.